The predicted octanol–water partition coefficient (Wildman–Crippen LogP) is 7.67. The normalized spacial score (nSPS) is 13.1. The van der Waals surface area contributed by atoms with Crippen LogP contribution in [0.2, 0.25) is 0 Å². The number of benzene rings is 3. The summed E-state index contributed by atoms with van der Waals surface area (Å²) >= 11 is 0. The lowest BCUT2D eigenvalue weighted by atomic mass is 9.84. The maximum Gasteiger partial charge on any atom is 0.137 e. The van der Waals surface area contributed by atoms with E-state index in [1.165, 1.54) is 12.1 Å². The zero-order valence-electron chi connectivity index (χ0n) is 22.8. The molecule has 0 fully saturated rings. The molecular formula is C34H31F2NO3. The number of nitrogens with zero attached hydrogens (tertiary/aromatic N) is 1. The molecule has 0 saturated carbocycles. The van der Waals surface area contributed by atoms with Crippen molar-refractivity contribution in [1.29, 1.82) is 0 Å². The maximum atomic E-state index is 14.1. The number of aromatic hydroxyl groups is 1. The van der Waals surface area contributed by atoms with Crippen molar-refractivity contribution >= 4 is 11.4 Å². The summed E-state index contributed by atoms with van der Waals surface area (Å²) in [6, 6.07) is 16.4. The molecule has 5 rings (SSSR count). The lowest BCUT2D eigenvalue weighted by Crippen LogP contribution is -2.14. The number of hydrogen-bond acceptors (Lipinski definition) is 4. The zero-order chi connectivity index (χ0) is 28.4. The zero-order valence-corrected chi connectivity index (χ0v) is 22.8. The molecule has 0 amide bonds. The molecule has 4 nitrogen and oxygen atoms in total. The summed E-state index contributed by atoms with van der Waals surface area (Å²) in [6.07, 6.45) is 5.01. The minimum atomic E-state index is -0.657. The van der Waals surface area contributed by atoms with Crippen LogP contribution in [0.4, 0.5) is 8.78 Å². The number of halogens is 2. The number of methoxy groups -OCH3 is 1. The third kappa shape index (κ3) is 5.81. The lowest BCUT2D eigenvalue weighted by molar-refractivity contribution is -0.118. The second-order valence-electron chi connectivity index (χ2n) is 10.4. The Labute approximate surface area is 233 Å². The number of phenols is 1. The van der Waals surface area contributed by atoms with Gasteiger partial charge in [-0.05, 0) is 108 Å². The number of carbonyl (C=O) groups is 1. The van der Waals surface area contributed by atoms with Gasteiger partial charge < -0.3 is 9.84 Å². The van der Waals surface area contributed by atoms with Crippen molar-refractivity contribution in [2.75, 3.05) is 7.11 Å². The lowest BCUT2D eigenvalue weighted by Gasteiger charge is -2.22. The van der Waals surface area contributed by atoms with Gasteiger partial charge in [-0.3, -0.25) is 9.78 Å². The van der Waals surface area contributed by atoms with E-state index in [1.54, 1.807) is 25.4 Å². The molecule has 0 spiro atoms. The standard InChI is InChI=1S/C34H31F2NO3/c1-20-11-30(40-3)12-21(2)33(20)31-5-4-10-37-34(31)25(13-22-14-26(35)18-27(36)15-22)17-29(39)16-24-7-6-23-8-9-28(38)19-32(23)24/h4-5,7-12,14-15,18-19,25,38H,6,13,16-17H2,1-3H3. The van der Waals surface area contributed by atoms with E-state index in [2.05, 4.69) is 0 Å². The van der Waals surface area contributed by atoms with Gasteiger partial charge in [-0.15, -0.1) is 0 Å². The van der Waals surface area contributed by atoms with Crippen molar-refractivity contribution in [2.45, 2.75) is 45.4 Å². The molecule has 1 unspecified atom stereocenters. The van der Waals surface area contributed by atoms with Crippen molar-refractivity contribution in [2.24, 2.45) is 0 Å². The largest absolute Gasteiger partial charge is 0.508 e. The molecular weight excluding hydrogens is 508 g/mol. The van der Waals surface area contributed by atoms with Gasteiger partial charge in [0, 0.05) is 36.6 Å². The van der Waals surface area contributed by atoms with Crippen LogP contribution in [0.25, 0.3) is 16.7 Å². The van der Waals surface area contributed by atoms with Crippen LogP contribution in [0.5, 0.6) is 11.5 Å². The molecule has 1 atom stereocenters. The number of fused-ring (bicyclic) bond motifs is 1. The first-order valence-electron chi connectivity index (χ1n) is 13.3. The monoisotopic (exact) mass is 539 g/mol. The Hall–Kier alpha value is -4.32. The number of carbonyl (C=O) groups excluding carboxylic acids is 1. The minimum Gasteiger partial charge on any atom is -0.508 e. The summed E-state index contributed by atoms with van der Waals surface area (Å²) < 4.78 is 33.7. The van der Waals surface area contributed by atoms with E-state index in [0.717, 1.165) is 50.8 Å². The summed E-state index contributed by atoms with van der Waals surface area (Å²) in [5.41, 5.74) is 7.89. The molecule has 0 radical (unpaired) electrons. The van der Waals surface area contributed by atoms with Crippen LogP contribution in [0.3, 0.4) is 0 Å². The molecule has 4 aromatic rings. The minimum absolute atomic E-state index is 0.0101. The van der Waals surface area contributed by atoms with Gasteiger partial charge in [0.2, 0.25) is 0 Å². The number of allylic oxidation sites excluding steroid dienone is 2. The number of aromatic nitrogens is 1. The molecule has 0 aliphatic heterocycles. The van der Waals surface area contributed by atoms with Crippen molar-refractivity contribution < 1.29 is 23.4 Å². The highest BCUT2D eigenvalue weighted by atomic mass is 19.1. The summed E-state index contributed by atoms with van der Waals surface area (Å²) in [5.74, 6) is -0.831. The number of ether oxygens (including phenoxy) is 1. The molecule has 1 aliphatic rings. The summed E-state index contributed by atoms with van der Waals surface area (Å²) in [6.45, 7) is 4.01. The Bertz CT molecular complexity index is 1580. The molecule has 1 aliphatic carbocycles. The van der Waals surface area contributed by atoms with Gasteiger partial charge in [0.15, 0.2) is 0 Å². The first kappa shape index (κ1) is 27.3. The molecule has 3 aromatic carbocycles. The second kappa shape index (κ2) is 11.4. The second-order valence-corrected chi connectivity index (χ2v) is 10.4. The van der Waals surface area contributed by atoms with Gasteiger partial charge in [-0.1, -0.05) is 18.2 Å². The van der Waals surface area contributed by atoms with E-state index in [-0.39, 0.29) is 30.8 Å². The van der Waals surface area contributed by atoms with Crippen LogP contribution >= 0.6 is 0 Å². The van der Waals surface area contributed by atoms with E-state index in [1.807, 2.05) is 50.3 Å². The van der Waals surface area contributed by atoms with Crippen LogP contribution in [-0.4, -0.2) is 23.0 Å². The third-order valence-corrected chi connectivity index (χ3v) is 7.51. The molecule has 1 N–H and O–H groups in total. The van der Waals surface area contributed by atoms with E-state index in [0.29, 0.717) is 17.7 Å². The van der Waals surface area contributed by atoms with Crippen molar-refractivity contribution in [1.82, 2.24) is 4.98 Å². The highest BCUT2D eigenvalue weighted by molar-refractivity contribution is 5.93. The Morgan fingerprint density at radius 1 is 1.00 bits per heavy atom. The van der Waals surface area contributed by atoms with Crippen LogP contribution in [0.15, 0.2) is 72.9 Å². The Morgan fingerprint density at radius 3 is 2.42 bits per heavy atom. The number of Topliss-reactive ketones (excluding diaryl/α,β-unsaturated/α-hetero) is 1. The SMILES string of the molecule is COc1cc(C)c(-c2cccnc2C(CC(=O)CC2=CCc3ccc(O)cc32)Cc2cc(F)cc(F)c2)c(C)c1. The first-order valence-corrected chi connectivity index (χ1v) is 13.3. The molecule has 40 heavy (non-hydrogen) atoms. The third-order valence-electron chi connectivity index (χ3n) is 7.51. The van der Waals surface area contributed by atoms with E-state index in [4.69, 9.17) is 9.72 Å². The summed E-state index contributed by atoms with van der Waals surface area (Å²) in [4.78, 5) is 18.3. The number of aryl methyl sites for hydroxylation is 2. The van der Waals surface area contributed by atoms with Crippen LogP contribution in [0.1, 0.15) is 52.3 Å². The fraction of sp³-hybridized carbons (Fsp3) is 0.235. The van der Waals surface area contributed by atoms with Crippen LogP contribution < -0.4 is 4.74 Å². The fourth-order valence-electron chi connectivity index (χ4n) is 5.81. The average molecular weight is 540 g/mol. The van der Waals surface area contributed by atoms with Gasteiger partial charge in [0.1, 0.15) is 28.9 Å². The van der Waals surface area contributed by atoms with Crippen molar-refractivity contribution in [3.63, 3.8) is 0 Å². The van der Waals surface area contributed by atoms with Gasteiger partial charge in [-0.2, -0.15) is 0 Å². The molecule has 204 valence electrons. The van der Waals surface area contributed by atoms with Gasteiger partial charge in [0.05, 0.1) is 12.8 Å². The quantitative estimate of drug-likeness (QED) is 0.237. The highest BCUT2D eigenvalue weighted by Gasteiger charge is 2.25. The molecule has 0 bridgehead atoms. The predicted molar refractivity (Wildman–Crippen MR) is 153 cm³/mol. The van der Waals surface area contributed by atoms with E-state index >= 15 is 0 Å². The van der Waals surface area contributed by atoms with Gasteiger partial charge in [-0.25, -0.2) is 8.78 Å². The smallest absolute Gasteiger partial charge is 0.137 e. The van der Waals surface area contributed by atoms with E-state index < -0.39 is 17.6 Å². The van der Waals surface area contributed by atoms with Crippen molar-refractivity contribution in [3.8, 4) is 22.6 Å². The maximum absolute atomic E-state index is 14.1. The Morgan fingerprint density at radius 2 is 1.73 bits per heavy atom. The fourth-order valence-corrected chi connectivity index (χ4v) is 5.81. The number of ketones is 1. The van der Waals surface area contributed by atoms with Crippen molar-refractivity contribution in [3.05, 3.63) is 118 Å². The van der Waals surface area contributed by atoms with Crippen LogP contribution in [-0.2, 0) is 17.6 Å². The number of rotatable bonds is 9. The highest BCUT2D eigenvalue weighted by Crippen LogP contribution is 2.39. The Balaban J connectivity index is 1.52. The Kier molecular flexibility index (Phi) is 7.78. The van der Waals surface area contributed by atoms with Gasteiger partial charge >= 0.3 is 0 Å². The van der Waals surface area contributed by atoms with Crippen LogP contribution in [0, 0.1) is 25.5 Å². The number of pyridine rings is 1. The molecule has 1 heterocycles. The first-order chi connectivity index (χ1) is 19.2. The van der Waals surface area contributed by atoms with Gasteiger partial charge in [0.25, 0.3) is 0 Å². The molecule has 0 saturated heterocycles. The summed E-state index contributed by atoms with van der Waals surface area (Å²) in [7, 11) is 1.63. The average Bonchev–Trinajstić information content (AvgIpc) is 3.29. The topological polar surface area (TPSA) is 59.4 Å². The number of phenolic OH excluding ortho intramolecular Hbond substituents is 1. The number of hydrogen-bond donors (Lipinski definition) is 1. The molecule has 1 aromatic heterocycles. The molecule has 6 heteroatoms. The van der Waals surface area contributed by atoms with E-state index in [9.17, 15) is 18.7 Å². The summed E-state index contributed by atoms with van der Waals surface area (Å²) in [5, 5.41) is 9.98.